The molecule has 2 heterocycles. The monoisotopic (exact) mass is 338 g/mol. The van der Waals surface area contributed by atoms with Crippen LogP contribution in [0.4, 0.5) is 16.4 Å². The van der Waals surface area contributed by atoms with Crippen LogP contribution in [-0.2, 0) is 0 Å². The maximum absolute atomic E-state index is 12.2. The average molecular weight is 338 g/mol. The molecule has 1 aromatic carbocycles. The number of anilines is 2. The number of rotatable bonds is 5. The summed E-state index contributed by atoms with van der Waals surface area (Å²) >= 11 is 0. The molecule has 0 fully saturated rings. The first kappa shape index (κ1) is 16.8. The van der Waals surface area contributed by atoms with Crippen LogP contribution in [-0.4, -0.2) is 27.3 Å². The van der Waals surface area contributed by atoms with Crippen molar-refractivity contribution in [2.24, 2.45) is 0 Å². The lowest BCUT2D eigenvalue weighted by molar-refractivity contribution is 0.249. The zero-order chi connectivity index (χ0) is 17.8. The van der Waals surface area contributed by atoms with E-state index in [4.69, 9.17) is 0 Å². The number of amides is 2. The van der Waals surface area contributed by atoms with Crippen LogP contribution in [0.3, 0.4) is 0 Å². The van der Waals surface area contributed by atoms with Crippen molar-refractivity contribution in [3.05, 3.63) is 48.2 Å². The smallest absolute Gasteiger partial charge is 0.320 e. The zero-order valence-electron chi connectivity index (χ0n) is 14.5. The topological polar surface area (TPSA) is 94.7 Å². The van der Waals surface area contributed by atoms with Gasteiger partial charge in [-0.05, 0) is 26.3 Å². The van der Waals surface area contributed by atoms with Crippen molar-refractivity contribution in [1.82, 2.24) is 20.5 Å². The minimum Gasteiger partial charge on any atom is -0.366 e. The highest BCUT2D eigenvalue weighted by Crippen LogP contribution is 2.22. The number of hydrogen-bond acceptors (Lipinski definition) is 4. The Morgan fingerprint density at radius 1 is 1.16 bits per heavy atom. The molecule has 3 rings (SSSR count). The van der Waals surface area contributed by atoms with E-state index in [2.05, 4.69) is 31.1 Å². The molecule has 2 aromatic heterocycles. The lowest BCUT2D eigenvalue weighted by Crippen LogP contribution is -2.31. The van der Waals surface area contributed by atoms with E-state index < -0.39 is 0 Å². The van der Waals surface area contributed by atoms with Crippen LogP contribution in [0.5, 0.6) is 0 Å². The molecule has 0 bridgehead atoms. The number of nitrogens with one attached hydrogen (secondary N) is 4. The van der Waals surface area contributed by atoms with E-state index in [1.807, 2.05) is 51.1 Å². The van der Waals surface area contributed by atoms with Gasteiger partial charge < -0.3 is 10.6 Å². The van der Waals surface area contributed by atoms with Gasteiger partial charge in [-0.3, -0.25) is 10.4 Å². The first-order chi connectivity index (χ1) is 12.0. The van der Waals surface area contributed by atoms with Gasteiger partial charge in [-0.15, -0.1) is 0 Å². The van der Waals surface area contributed by atoms with Gasteiger partial charge in [0.25, 0.3) is 0 Å². The van der Waals surface area contributed by atoms with Gasteiger partial charge in [-0.25, -0.2) is 9.78 Å². The van der Waals surface area contributed by atoms with E-state index in [0.29, 0.717) is 5.82 Å². The minimum atomic E-state index is -0.303. The Morgan fingerprint density at radius 3 is 2.64 bits per heavy atom. The third kappa shape index (κ3) is 4.06. The Morgan fingerprint density at radius 2 is 1.92 bits per heavy atom. The first-order valence-corrected chi connectivity index (χ1v) is 8.26. The van der Waals surface area contributed by atoms with Crippen LogP contribution >= 0.6 is 0 Å². The number of fused-ring (bicyclic) bond motifs is 1. The number of pyridine rings is 1. The summed E-state index contributed by atoms with van der Waals surface area (Å²) < 4.78 is 0. The second-order valence-electron chi connectivity index (χ2n) is 6.22. The number of aromatic nitrogens is 3. The average Bonchev–Trinajstić information content (AvgIpc) is 2.97. The summed E-state index contributed by atoms with van der Waals surface area (Å²) in [6.45, 7) is 6.02. The molecule has 25 heavy (non-hydrogen) atoms. The lowest BCUT2D eigenvalue weighted by atomic mass is 10.1. The second-order valence-corrected chi connectivity index (χ2v) is 6.22. The van der Waals surface area contributed by atoms with Gasteiger partial charge in [0, 0.05) is 18.3 Å². The highest BCUT2D eigenvalue weighted by atomic mass is 16.2. The van der Waals surface area contributed by atoms with E-state index in [9.17, 15) is 4.79 Å². The number of benzene rings is 1. The van der Waals surface area contributed by atoms with Crippen LogP contribution < -0.4 is 16.0 Å². The molecule has 1 atom stereocenters. The zero-order valence-corrected chi connectivity index (χ0v) is 14.5. The SMILES string of the molecule is CC(C)Nc1n[nH]c2cc(NC(=O)N[C@H](C)c3ccccc3)ncc12. The summed E-state index contributed by atoms with van der Waals surface area (Å²) in [7, 11) is 0. The second kappa shape index (κ2) is 7.21. The molecule has 0 spiro atoms. The standard InChI is InChI=1S/C18H22N6O/c1-11(2)20-17-14-10-19-16(9-15(14)23-24-17)22-18(25)21-12(3)13-7-5-4-6-8-13/h4-12H,1-3H3,(H2,20,23,24)(H2,19,21,22,25)/t12-/m1/s1. The third-order valence-corrected chi connectivity index (χ3v) is 3.76. The van der Waals surface area contributed by atoms with Crippen molar-refractivity contribution in [3.8, 4) is 0 Å². The van der Waals surface area contributed by atoms with Gasteiger partial charge >= 0.3 is 6.03 Å². The number of H-pyrrole nitrogens is 1. The van der Waals surface area contributed by atoms with Crippen molar-refractivity contribution in [1.29, 1.82) is 0 Å². The molecular formula is C18H22N6O. The highest BCUT2D eigenvalue weighted by molar-refractivity contribution is 5.94. The molecule has 0 aliphatic heterocycles. The molecule has 7 nitrogen and oxygen atoms in total. The summed E-state index contributed by atoms with van der Waals surface area (Å²) in [5, 5.41) is 17.0. The van der Waals surface area contributed by atoms with Crippen LogP contribution in [0.25, 0.3) is 10.9 Å². The number of nitrogens with zero attached hydrogens (tertiary/aromatic N) is 2. The van der Waals surface area contributed by atoms with Crippen molar-refractivity contribution in [3.63, 3.8) is 0 Å². The molecule has 0 unspecified atom stereocenters. The van der Waals surface area contributed by atoms with E-state index in [1.54, 1.807) is 12.3 Å². The van der Waals surface area contributed by atoms with Gasteiger partial charge in [0.15, 0.2) is 5.82 Å². The number of urea groups is 1. The van der Waals surface area contributed by atoms with Crippen LogP contribution in [0.1, 0.15) is 32.4 Å². The van der Waals surface area contributed by atoms with Crippen molar-refractivity contribution in [2.75, 3.05) is 10.6 Å². The molecule has 3 aromatic rings. The fourth-order valence-corrected chi connectivity index (χ4v) is 2.54. The molecule has 0 saturated carbocycles. The third-order valence-electron chi connectivity index (χ3n) is 3.76. The van der Waals surface area contributed by atoms with Crippen molar-refractivity contribution < 1.29 is 4.79 Å². The van der Waals surface area contributed by atoms with Gasteiger partial charge in [0.2, 0.25) is 0 Å². The summed E-state index contributed by atoms with van der Waals surface area (Å²) in [6, 6.07) is 11.4. The fraction of sp³-hybridized carbons (Fsp3) is 0.278. The lowest BCUT2D eigenvalue weighted by Gasteiger charge is -2.14. The van der Waals surface area contributed by atoms with Crippen LogP contribution in [0.15, 0.2) is 42.6 Å². The maximum atomic E-state index is 12.2. The molecule has 0 radical (unpaired) electrons. The number of carbonyl (C=O) groups is 1. The van der Waals surface area contributed by atoms with E-state index >= 15 is 0 Å². The van der Waals surface area contributed by atoms with E-state index in [1.165, 1.54) is 0 Å². The van der Waals surface area contributed by atoms with Gasteiger partial charge in [0.05, 0.1) is 16.9 Å². The first-order valence-electron chi connectivity index (χ1n) is 8.26. The molecule has 0 aliphatic carbocycles. The Hall–Kier alpha value is -3.09. The van der Waals surface area contributed by atoms with Gasteiger partial charge in [-0.2, -0.15) is 5.10 Å². The number of aromatic amines is 1. The molecule has 7 heteroatoms. The molecule has 2 amide bonds. The summed E-state index contributed by atoms with van der Waals surface area (Å²) in [4.78, 5) is 16.5. The van der Waals surface area contributed by atoms with E-state index in [0.717, 1.165) is 22.3 Å². The van der Waals surface area contributed by atoms with Crippen LogP contribution in [0.2, 0.25) is 0 Å². The molecule has 130 valence electrons. The maximum Gasteiger partial charge on any atom is 0.320 e. The number of carbonyl (C=O) groups excluding carboxylic acids is 1. The molecule has 4 N–H and O–H groups in total. The summed E-state index contributed by atoms with van der Waals surface area (Å²) in [5.74, 6) is 1.22. The number of hydrogen-bond donors (Lipinski definition) is 4. The molecule has 0 aliphatic rings. The Labute approximate surface area is 146 Å². The van der Waals surface area contributed by atoms with Gasteiger partial charge in [-0.1, -0.05) is 30.3 Å². The summed E-state index contributed by atoms with van der Waals surface area (Å²) in [5.41, 5.74) is 1.85. The molecular weight excluding hydrogens is 316 g/mol. The fourth-order valence-electron chi connectivity index (χ4n) is 2.54. The predicted molar refractivity (Wildman–Crippen MR) is 99.7 cm³/mol. The minimum absolute atomic E-state index is 0.0982. The van der Waals surface area contributed by atoms with Gasteiger partial charge in [0.1, 0.15) is 5.82 Å². The Balaban J connectivity index is 1.67. The van der Waals surface area contributed by atoms with Crippen molar-refractivity contribution in [2.45, 2.75) is 32.9 Å². The quantitative estimate of drug-likeness (QED) is 0.571. The van der Waals surface area contributed by atoms with Crippen molar-refractivity contribution >= 4 is 28.6 Å². The largest absolute Gasteiger partial charge is 0.366 e. The normalized spacial score (nSPS) is 12.2. The Bertz CT molecular complexity index is 858. The molecule has 0 saturated heterocycles. The predicted octanol–water partition coefficient (Wildman–Crippen LogP) is 3.66. The van der Waals surface area contributed by atoms with Crippen LogP contribution in [0, 0.1) is 0 Å². The highest BCUT2D eigenvalue weighted by Gasteiger charge is 2.12. The van der Waals surface area contributed by atoms with E-state index in [-0.39, 0.29) is 18.1 Å². The summed E-state index contributed by atoms with van der Waals surface area (Å²) in [6.07, 6.45) is 1.69. The Kier molecular flexibility index (Phi) is 4.83.